The van der Waals surface area contributed by atoms with Gasteiger partial charge in [-0.25, -0.2) is 9.37 Å². The van der Waals surface area contributed by atoms with Crippen molar-refractivity contribution in [3.63, 3.8) is 0 Å². The van der Waals surface area contributed by atoms with E-state index in [1.165, 1.54) is 0 Å². The molecule has 106 valence electrons. The van der Waals surface area contributed by atoms with E-state index >= 15 is 0 Å². The van der Waals surface area contributed by atoms with Gasteiger partial charge in [-0.2, -0.15) is 5.10 Å². The van der Waals surface area contributed by atoms with Crippen molar-refractivity contribution in [2.45, 2.75) is 19.5 Å². The van der Waals surface area contributed by atoms with Gasteiger partial charge in [0.15, 0.2) is 0 Å². The Morgan fingerprint density at radius 1 is 1.45 bits per heavy atom. The summed E-state index contributed by atoms with van der Waals surface area (Å²) in [6, 6.07) is 5.48. The van der Waals surface area contributed by atoms with Crippen molar-refractivity contribution < 1.29 is 4.39 Å². The number of halogens is 2. The average molecular weight is 296 g/mol. The van der Waals surface area contributed by atoms with Crippen LogP contribution in [0, 0.1) is 6.92 Å². The number of nitrogens with zero attached hydrogens (tertiary/aromatic N) is 3. The molecule has 5 nitrogen and oxygen atoms in total. The first-order valence-electron chi connectivity index (χ1n) is 6.46. The monoisotopic (exact) mass is 295 g/mol. The molecule has 2 N–H and O–H groups in total. The molecule has 1 atom stereocenters. The smallest absolute Gasteiger partial charge is 0.135 e. The van der Waals surface area contributed by atoms with Gasteiger partial charge < -0.3 is 10.2 Å². The van der Waals surface area contributed by atoms with Crippen LogP contribution in [0.15, 0.2) is 18.2 Å². The van der Waals surface area contributed by atoms with E-state index in [0.717, 1.165) is 17.2 Å². The fourth-order valence-corrected chi connectivity index (χ4v) is 2.51. The second-order valence-corrected chi connectivity index (χ2v) is 5.30. The maximum Gasteiger partial charge on any atom is 0.135 e. The largest absolute Gasteiger partial charge is 0.368 e. The fourth-order valence-electron chi connectivity index (χ4n) is 2.31. The van der Waals surface area contributed by atoms with Crippen molar-refractivity contribution in [1.82, 2.24) is 15.2 Å². The summed E-state index contributed by atoms with van der Waals surface area (Å²) in [7, 11) is 0. The van der Waals surface area contributed by atoms with E-state index in [-0.39, 0.29) is 0 Å². The highest BCUT2D eigenvalue weighted by Crippen LogP contribution is 2.27. The molecule has 0 aromatic carbocycles. The summed E-state index contributed by atoms with van der Waals surface area (Å²) in [5.74, 6) is 1.35. The Morgan fingerprint density at radius 2 is 2.30 bits per heavy atom. The number of hydrogen-bond acceptors (Lipinski definition) is 4. The van der Waals surface area contributed by atoms with Crippen molar-refractivity contribution in [2.75, 3.05) is 23.3 Å². The molecule has 3 rings (SSSR count). The first-order chi connectivity index (χ1) is 9.60. The molecule has 20 heavy (non-hydrogen) atoms. The van der Waals surface area contributed by atoms with E-state index < -0.39 is 6.17 Å². The molecule has 1 fully saturated rings. The van der Waals surface area contributed by atoms with Gasteiger partial charge in [-0.15, -0.1) is 0 Å². The van der Waals surface area contributed by atoms with Crippen molar-refractivity contribution in [1.29, 1.82) is 0 Å². The number of aryl methyl sites for hydroxylation is 1. The minimum Gasteiger partial charge on any atom is -0.368 e. The lowest BCUT2D eigenvalue weighted by molar-refractivity contribution is 0.364. The zero-order valence-electron chi connectivity index (χ0n) is 11.0. The third-order valence-corrected chi connectivity index (χ3v) is 3.44. The van der Waals surface area contributed by atoms with Crippen LogP contribution in [-0.2, 0) is 0 Å². The minimum absolute atomic E-state index is 0.378. The number of anilines is 3. The van der Waals surface area contributed by atoms with Gasteiger partial charge in [-0.3, -0.25) is 5.10 Å². The maximum absolute atomic E-state index is 13.3. The van der Waals surface area contributed by atoms with Gasteiger partial charge >= 0.3 is 0 Å². The van der Waals surface area contributed by atoms with Gasteiger partial charge in [0.25, 0.3) is 0 Å². The number of aromatic nitrogens is 3. The molecule has 0 radical (unpaired) electrons. The topological polar surface area (TPSA) is 56.8 Å². The molecule has 2 aromatic rings. The Kier molecular flexibility index (Phi) is 3.48. The SMILES string of the molecule is Cc1cc(Nc2cc(N3CC[C@H](F)C3)cc(Cl)n2)[nH]n1. The van der Waals surface area contributed by atoms with Crippen LogP contribution in [0.2, 0.25) is 5.15 Å². The van der Waals surface area contributed by atoms with Gasteiger partial charge in [0, 0.05) is 30.9 Å². The highest BCUT2D eigenvalue weighted by atomic mass is 35.5. The van der Waals surface area contributed by atoms with Crippen LogP contribution in [0.1, 0.15) is 12.1 Å². The zero-order chi connectivity index (χ0) is 14.1. The highest BCUT2D eigenvalue weighted by molar-refractivity contribution is 6.29. The molecule has 0 saturated carbocycles. The first kappa shape index (κ1) is 13.2. The molecule has 1 aliphatic rings. The average Bonchev–Trinajstić information content (AvgIpc) is 2.98. The lowest BCUT2D eigenvalue weighted by Gasteiger charge is -2.18. The molecule has 7 heteroatoms. The third kappa shape index (κ3) is 2.85. The van der Waals surface area contributed by atoms with E-state index in [1.54, 1.807) is 6.07 Å². The van der Waals surface area contributed by atoms with Gasteiger partial charge in [0.1, 0.15) is 23.0 Å². The zero-order valence-corrected chi connectivity index (χ0v) is 11.8. The number of pyridine rings is 1. The predicted octanol–water partition coefficient (Wildman–Crippen LogP) is 3.06. The standard InChI is InChI=1S/C13H15ClFN5/c1-8-4-13(19-18-8)17-12-6-10(5-11(14)16-12)20-3-2-9(15)7-20/h4-6,9H,2-3,7H2,1H3,(H2,16,17,18,19)/t9-/m0/s1. The van der Waals surface area contributed by atoms with Gasteiger partial charge in [-0.1, -0.05) is 11.6 Å². The fraction of sp³-hybridized carbons (Fsp3) is 0.385. The molecule has 0 unspecified atom stereocenters. The van der Waals surface area contributed by atoms with Crippen LogP contribution < -0.4 is 10.2 Å². The molecular weight excluding hydrogens is 281 g/mol. The maximum atomic E-state index is 13.3. The summed E-state index contributed by atoms with van der Waals surface area (Å²) in [5.41, 5.74) is 1.76. The number of nitrogens with one attached hydrogen (secondary N) is 2. The molecule has 3 heterocycles. The molecule has 0 aliphatic carbocycles. The van der Waals surface area contributed by atoms with Crippen LogP contribution in [-0.4, -0.2) is 34.4 Å². The Balaban J connectivity index is 1.83. The second kappa shape index (κ2) is 5.28. The van der Waals surface area contributed by atoms with E-state index in [2.05, 4.69) is 20.5 Å². The molecule has 2 aromatic heterocycles. The van der Waals surface area contributed by atoms with Gasteiger partial charge in [0.05, 0.1) is 5.69 Å². The lowest BCUT2D eigenvalue weighted by Crippen LogP contribution is -2.20. The molecule has 1 aliphatic heterocycles. The molecule has 1 saturated heterocycles. The summed E-state index contributed by atoms with van der Waals surface area (Å²) >= 11 is 6.04. The van der Waals surface area contributed by atoms with Crippen molar-refractivity contribution >= 4 is 28.9 Å². The van der Waals surface area contributed by atoms with Crippen molar-refractivity contribution in [3.05, 3.63) is 29.0 Å². The number of alkyl halides is 1. The molecule has 0 bridgehead atoms. The molecule has 0 amide bonds. The summed E-state index contributed by atoms with van der Waals surface area (Å²) in [6.45, 7) is 3.00. The highest BCUT2D eigenvalue weighted by Gasteiger charge is 2.22. The molecule has 0 spiro atoms. The Hall–Kier alpha value is -1.82. The number of hydrogen-bond donors (Lipinski definition) is 2. The Morgan fingerprint density at radius 3 is 2.95 bits per heavy atom. The van der Waals surface area contributed by atoms with E-state index in [1.807, 2.05) is 24.0 Å². The van der Waals surface area contributed by atoms with Crippen molar-refractivity contribution in [3.8, 4) is 0 Å². The Labute approximate surface area is 121 Å². The molecular formula is C13H15ClFN5. The number of aromatic amines is 1. The van der Waals surface area contributed by atoms with Crippen LogP contribution in [0.4, 0.5) is 21.7 Å². The Bertz CT molecular complexity index is 615. The quantitative estimate of drug-likeness (QED) is 0.855. The third-order valence-electron chi connectivity index (χ3n) is 3.24. The number of H-pyrrole nitrogens is 1. The van der Waals surface area contributed by atoms with Gasteiger partial charge in [-0.05, 0) is 19.4 Å². The van der Waals surface area contributed by atoms with Crippen LogP contribution in [0.3, 0.4) is 0 Å². The van der Waals surface area contributed by atoms with Gasteiger partial charge in [0.2, 0.25) is 0 Å². The number of rotatable bonds is 3. The van der Waals surface area contributed by atoms with E-state index in [9.17, 15) is 4.39 Å². The summed E-state index contributed by atoms with van der Waals surface area (Å²) in [6.07, 6.45) is -0.212. The van der Waals surface area contributed by atoms with E-state index in [4.69, 9.17) is 11.6 Å². The second-order valence-electron chi connectivity index (χ2n) is 4.91. The summed E-state index contributed by atoms with van der Waals surface area (Å²) in [4.78, 5) is 6.19. The minimum atomic E-state index is -0.770. The van der Waals surface area contributed by atoms with Crippen molar-refractivity contribution in [2.24, 2.45) is 0 Å². The van der Waals surface area contributed by atoms with Crippen LogP contribution >= 0.6 is 11.6 Å². The normalized spacial score (nSPS) is 18.6. The van der Waals surface area contributed by atoms with Crippen LogP contribution in [0.5, 0.6) is 0 Å². The van der Waals surface area contributed by atoms with E-state index in [0.29, 0.717) is 30.5 Å². The first-order valence-corrected chi connectivity index (χ1v) is 6.83. The summed E-state index contributed by atoms with van der Waals surface area (Å²) in [5, 5.41) is 10.4. The summed E-state index contributed by atoms with van der Waals surface area (Å²) < 4.78 is 13.3. The lowest BCUT2D eigenvalue weighted by atomic mass is 10.3. The predicted molar refractivity (Wildman–Crippen MR) is 77.6 cm³/mol. The van der Waals surface area contributed by atoms with Crippen LogP contribution in [0.25, 0.3) is 0 Å².